The van der Waals surface area contributed by atoms with E-state index in [1.807, 2.05) is 0 Å². The molecular weight excluding hydrogens is 332 g/mol. The Bertz CT molecular complexity index is 627. The van der Waals surface area contributed by atoms with Crippen LogP contribution in [-0.4, -0.2) is 10.8 Å². The molecule has 0 saturated carbocycles. The van der Waals surface area contributed by atoms with E-state index >= 15 is 0 Å². The Kier molecular flexibility index (Phi) is 4.28. The van der Waals surface area contributed by atoms with E-state index in [9.17, 15) is 14.9 Å². The third-order valence-corrected chi connectivity index (χ3v) is 3.91. The summed E-state index contributed by atoms with van der Waals surface area (Å²) in [7, 11) is 0. The first-order valence-corrected chi connectivity index (χ1v) is 6.99. The van der Waals surface area contributed by atoms with Crippen LogP contribution in [0.4, 0.5) is 5.69 Å². The van der Waals surface area contributed by atoms with Gasteiger partial charge in [0.25, 0.3) is 11.6 Å². The van der Waals surface area contributed by atoms with Gasteiger partial charge in [0.15, 0.2) is 0 Å². The smallest absolute Gasteiger partial charge is 0.269 e. The molecule has 0 aliphatic rings. The normalized spacial score (nSPS) is 10.2. The summed E-state index contributed by atoms with van der Waals surface area (Å²) in [5.41, 5.74) is 1.28. The predicted octanol–water partition coefficient (Wildman–Crippen LogP) is 3.35. The van der Waals surface area contributed by atoms with E-state index in [0.717, 1.165) is 3.79 Å². The van der Waals surface area contributed by atoms with Gasteiger partial charge in [0, 0.05) is 24.1 Å². The third kappa shape index (κ3) is 3.62. The predicted molar refractivity (Wildman–Crippen MR) is 76.3 cm³/mol. The van der Waals surface area contributed by atoms with Crippen molar-refractivity contribution in [3.8, 4) is 0 Å². The summed E-state index contributed by atoms with van der Waals surface area (Å²) in [6.45, 7) is 0.258. The maximum absolute atomic E-state index is 11.8. The Morgan fingerprint density at radius 2 is 2.21 bits per heavy atom. The van der Waals surface area contributed by atoms with E-state index in [2.05, 4.69) is 21.2 Å². The SMILES string of the molecule is O=C(NCc1cccc([N+](=O)[O-])c1)c1csc(Br)c1. The maximum Gasteiger partial charge on any atom is 0.269 e. The quantitative estimate of drug-likeness (QED) is 0.685. The van der Waals surface area contributed by atoms with Crippen LogP contribution in [0, 0.1) is 10.1 Å². The Morgan fingerprint density at radius 3 is 2.84 bits per heavy atom. The molecule has 0 aliphatic carbocycles. The standard InChI is InChI=1S/C12H9BrN2O3S/c13-11-5-9(7-19-11)12(16)14-6-8-2-1-3-10(4-8)15(17)18/h1-5,7H,6H2,(H,14,16). The van der Waals surface area contributed by atoms with E-state index < -0.39 is 4.92 Å². The minimum absolute atomic E-state index is 0.0185. The van der Waals surface area contributed by atoms with E-state index in [1.165, 1.54) is 23.5 Å². The van der Waals surface area contributed by atoms with Crippen LogP contribution < -0.4 is 5.32 Å². The molecule has 98 valence electrons. The minimum atomic E-state index is -0.457. The first kappa shape index (κ1) is 13.7. The largest absolute Gasteiger partial charge is 0.348 e. The molecule has 0 saturated heterocycles. The molecule has 1 aromatic heterocycles. The number of amides is 1. The Morgan fingerprint density at radius 1 is 1.42 bits per heavy atom. The summed E-state index contributed by atoms with van der Waals surface area (Å²) < 4.78 is 0.882. The first-order chi connectivity index (χ1) is 9.06. The topological polar surface area (TPSA) is 72.2 Å². The molecule has 7 heteroatoms. The highest BCUT2D eigenvalue weighted by atomic mass is 79.9. The van der Waals surface area contributed by atoms with Gasteiger partial charge in [-0.25, -0.2) is 0 Å². The number of carbonyl (C=O) groups excluding carboxylic acids is 1. The second-order valence-corrected chi connectivity index (χ2v) is 6.04. The second kappa shape index (κ2) is 5.94. The van der Waals surface area contributed by atoms with Crippen molar-refractivity contribution in [1.29, 1.82) is 0 Å². The van der Waals surface area contributed by atoms with Gasteiger partial charge in [-0.15, -0.1) is 11.3 Å². The molecule has 0 radical (unpaired) electrons. The van der Waals surface area contributed by atoms with Gasteiger partial charge in [0.05, 0.1) is 14.3 Å². The summed E-state index contributed by atoms with van der Waals surface area (Å²) in [5, 5.41) is 15.1. The van der Waals surface area contributed by atoms with Gasteiger partial charge >= 0.3 is 0 Å². The molecule has 19 heavy (non-hydrogen) atoms. The average Bonchev–Trinajstić information content (AvgIpc) is 2.83. The van der Waals surface area contributed by atoms with E-state index in [4.69, 9.17) is 0 Å². The number of halogens is 1. The van der Waals surface area contributed by atoms with Crippen molar-refractivity contribution in [2.45, 2.75) is 6.54 Å². The van der Waals surface area contributed by atoms with Gasteiger partial charge in [-0.2, -0.15) is 0 Å². The van der Waals surface area contributed by atoms with Crippen LogP contribution in [-0.2, 0) is 6.54 Å². The summed E-state index contributed by atoms with van der Waals surface area (Å²) in [6, 6.07) is 7.93. The first-order valence-electron chi connectivity index (χ1n) is 5.32. The fraction of sp³-hybridized carbons (Fsp3) is 0.0833. The molecule has 0 atom stereocenters. The number of rotatable bonds is 4. The highest BCUT2D eigenvalue weighted by molar-refractivity contribution is 9.11. The van der Waals surface area contributed by atoms with Gasteiger partial charge in [-0.3, -0.25) is 14.9 Å². The maximum atomic E-state index is 11.8. The minimum Gasteiger partial charge on any atom is -0.348 e. The fourth-order valence-corrected chi connectivity index (χ4v) is 2.63. The fourth-order valence-electron chi connectivity index (χ4n) is 1.49. The van der Waals surface area contributed by atoms with Crippen LogP contribution in [0.1, 0.15) is 15.9 Å². The molecule has 1 N–H and O–H groups in total. The molecule has 2 rings (SSSR count). The lowest BCUT2D eigenvalue weighted by atomic mass is 10.2. The summed E-state index contributed by atoms with van der Waals surface area (Å²) in [5.74, 6) is -0.201. The third-order valence-electron chi connectivity index (χ3n) is 2.40. The molecule has 0 bridgehead atoms. The number of nitrogens with zero attached hydrogens (tertiary/aromatic N) is 1. The van der Waals surface area contributed by atoms with Crippen LogP contribution in [0.2, 0.25) is 0 Å². The number of hydrogen-bond acceptors (Lipinski definition) is 4. The second-order valence-electron chi connectivity index (χ2n) is 3.75. The van der Waals surface area contributed by atoms with E-state index in [-0.39, 0.29) is 18.1 Å². The summed E-state index contributed by atoms with van der Waals surface area (Å²) in [4.78, 5) is 22.0. The molecule has 0 aliphatic heterocycles. The van der Waals surface area contributed by atoms with Crippen LogP contribution in [0.3, 0.4) is 0 Å². The number of benzene rings is 1. The molecule has 0 fully saturated rings. The number of carbonyl (C=O) groups is 1. The number of nitro benzene ring substituents is 1. The van der Waals surface area contributed by atoms with Crippen LogP contribution in [0.15, 0.2) is 39.5 Å². The van der Waals surface area contributed by atoms with Crippen LogP contribution in [0.5, 0.6) is 0 Å². The Labute approximate surface area is 121 Å². The highest BCUT2D eigenvalue weighted by Crippen LogP contribution is 2.20. The molecule has 1 aromatic carbocycles. The van der Waals surface area contributed by atoms with Crippen molar-refractivity contribution in [2.24, 2.45) is 0 Å². The van der Waals surface area contributed by atoms with Crippen molar-refractivity contribution in [3.63, 3.8) is 0 Å². The Balaban J connectivity index is 2.01. The van der Waals surface area contributed by atoms with Crippen LogP contribution >= 0.6 is 27.3 Å². The van der Waals surface area contributed by atoms with Gasteiger partial charge in [-0.05, 0) is 27.6 Å². The lowest BCUT2D eigenvalue weighted by Gasteiger charge is -2.03. The number of hydrogen-bond donors (Lipinski definition) is 1. The lowest BCUT2D eigenvalue weighted by Crippen LogP contribution is -2.22. The number of nitro groups is 1. The number of nitrogens with one attached hydrogen (secondary N) is 1. The van der Waals surface area contributed by atoms with Gasteiger partial charge in [-0.1, -0.05) is 12.1 Å². The Hall–Kier alpha value is -1.73. The molecule has 1 heterocycles. The molecule has 2 aromatic rings. The van der Waals surface area contributed by atoms with Crippen molar-refractivity contribution in [3.05, 3.63) is 60.7 Å². The van der Waals surface area contributed by atoms with E-state index in [1.54, 1.807) is 23.6 Å². The zero-order chi connectivity index (χ0) is 13.8. The van der Waals surface area contributed by atoms with Gasteiger partial charge in [0.1, 0.15) is 0 Å². The zero-order valence-corrected chi connectivity index (χ0v) is 12.0. The van der Waals surface area contributed by atoms with Crippen molar-refractivity contribution < 1.29 is 9.72 Å². The summed E-state index contributed by atoms with van der Waals surface area (Å²) >= 11 is 4.71. The molecule has 0 unspecified atom stereocenters. The van der Waals surface area contributed by atoms with Crippen molar-refractivity contribution >= 4 is 38.9 Å². The highest BCUT2D eigenvalue weighted by Gasteiger charge is 2.09. The van der Waals surface area contributed by atoms with Gasteiger partial charge < -0.3 is 5.32 Å². The number of thiophene rings is 1. The average molecular weight is 341 g/mol. The monoisotopic (exact) mass is 340 g/mol. The van der Waals surface area contributed by atoms with E-state index in [0.29, 0.717) is 11.1 Å². The van der Waals surface area contributed by atoms with Crippen LogP contribution in [0.25, 0.3) is 0 Å². The van der Waals surface area contributed by atoms with Crippen molar-refractivity contribution in [2.75, 3.05) is 0 Å². The zero-order valence-electron chi connectivity index (χ0n) is 9.63. The molecule has 5 nitrogen and oxygen atoms in total. The lowest BCUT2D eigenvalue weighted by molar-refractivity contribution is -0.384. The van der Waals surface area contributed by atoms with Crippen molar-refractivity contribution in [1.82, 2.24) is 5.32 Å². The summed E-state index contributed by atoms with van der Waals surface area (Å²) in [6.07, 6.45) is 0. The molecule has 1 amide bonds. The number of non-ortho nitro benzene ring substituents is 1. The molecular formula is C12H9BrN2O3S. The molecule has 0 spiro atoms. The van der Waals surface area contributed by atoms with Gasteiger partial charge in [0.2, 0.25) is 0 Å².